The lowest BCUT2D eigenvalue weighted by Gasteiger charge is -2.12. The van der Waals surface area contributed by atoms with Gasteiger partial charge >= 0.3 is 5.97 Å². The highest BCUT2D eigenvalue weighted by atomic mass is 16.7. The van der Waals surface area contributed by atoms with E-state index in [1.165, 1.54) is 0 Å². The van der Waals surface area contributed by atoms with Crippen LogP contribution in [-0.2, 0) is 16.1 Å². The lowest BCUT2D eigenvalue weighted by Crippen LogP contribution is -2.17. The molecule has 2 aromatic carbocycles. The van der Waals surface area contributed by atoms with Crippen LogP contribution in [0, 0.1) is 0 Å². The molecule has 1 aromatic heterocycles. The summed E-state index contributed by atoms with van der Waals surface area (Å²) in [6, 6.07) is 18.0. The average molecular weight is 292 g/mol. The predicted octanol–water partition coefficient (Wildman–Crippen LogP) is 3.12. The zero-order valence-corrected chi connectivity index (χ0v) is 12.2. The highest BCUT2D eigenvalue weighted by Gasteiger charge is 2.14. The van der Waals surface area contributed by atoms with Gasteiger partial charge in [0.05, 0.1) is 11.9 Å². The normalized spacial score (nSPS) is 10.6. The van der Waals surface area contributed by atoms with Gasteiger partial charge < -0.3 is 4.84 Å². The van der Waals surface area contributed by atoms with Crippen LogP contribution in [0.25, 0.3) is 22.0 Å². The maximum absolute atomic E-state index is 11.8. The number of fused-ring (bicyclic) bond motifs is 1. The Labute approximate surface area is 128 Å². The first-order chi connectivity index (χ1) is 10.8. The molecule has 0 atom stereocenters. The van der Waals surface area contributed by atoms with Crippen LogP contribution in [0.5, 0.6) is 0 Å². The van der Waals surface area contributed by atoms with E-state index < -0.39 is 0 Å². The second-order valence-electron chi connectivity index (χ2n) is 4.90. The van der Waals surface area contributed by atoms with Crippen molar-refractivity contribution in [1.82, 2.24) is 10.5 Å². The summed E-state index contributed by atoms with van der Waals surface area (Å²) in [6.45, 7) is 0. The van der Waals surface area contributed by atoms with Crippen molar-refractivity contribution in [2.75, 3.05) is 7.05 Å². The Morgan fingerprint density at radius 1 is 1.09 bits per heavy atom. The summed E-state index contributed by atoms with van der Waals surface area (Å²) in [5, 5.41) is 1.03. The molecule has 110 valence electrons. The molecule has 0 fully saturated rings. The SMILES string of the molecule is CNOC(=O)Cc1cnc2ccccc2c1-c1ccccc1. The van der Waals surface area contributed by atoms with Gasteiger partial charge in [-0.05, 0) is 22.8 Å². The van der Waals surface area contributed by atoms with Gasteiger partial charge in [-0.15, -0.1) is 0 Å². The fraction of sp³-hybridized carbons (Fsp3) is 0.111. The molecular weight excluding hydrogens is 276 g/mol. The second-order valence-corrected chi connectivity index (χ2v) is 4.90. The van der Waals surface area contributed by atoms with Crippen molar-refractivity contribution >= 4 is 16.9 Å². The molecule has 0 saturated heterocycles. The standard InChI is InChI=1S/C18H16N2O2/c1-19-22-17(21)11-14-12-20-16-10-6-5-9-15(16)18(14)13-7-3-2-4-8-13/h2-10,12,19H,11H2,1H3. The van der Waals surface area contributed by atoms with E-state index in [0.717, 1.165) is 27.6 Å². The van der Waals surface area contributed by atoms with Crippen molar-refractivity contribution in [1.29, 1.82) is 0 Å². The van der Waals surface area contributed by atoms with Gasteiger partial charge in [-0.3, -0.25) is 9.78 Å². The highest BCUT2D eigenvalue weighted by molar-refractivity contribution is 5.97. The maximum Gasteiger partial charge on any atom is 0.329 e. The Kier molecular flexibility index (Phi) is 4.12. The van der Waals surface area contributed by atoms with E-state index in [0.29, 0.717) is 0 Å². The van der Waals surface area contributed by atoms with Gasteiger partial charge in [0.1, 0.15) is 0 Å². The van der Waals surface area contributed by atoms with Crippen molar-refractivity contribution in [3.05, 3.63) is 66.4 Å². The fourth-order valence-corrected chi connectivity index (χ4v) is 2.57. The van der Waals surface area contributed by atoms with Gasteiger partial charge in [0.25, 0.3) is 0 Å². The molecule has 0 aliphatic rings. The summed E-state index contributed by atoms with van der Waals surface area (Å²) in [4.78, 5) is 21.1. The monoisotopic (exact) mass is 292 g/mol. The van der Waals surface area contributed by atoms with Crippen LogP contribution in [-0.4, -0.2) is 18.0 Å². The number of benzene rings is 2. The molecule has 0 unspecified atom stereocenters. The van der Waals surface area contributed by atoms with Crippen molar-refractivity contribution in [2.24, 2.45) is 0 Å². The summed E-state index contributed by atoms with van der Waals surface area (Å²) in [5.41, 5.74) is 6.27. The van der Waals surface area contributed by atoms with Gasteiger partial charge in [-0.1, -0.05) is 48.5 Å². The minimum atomic E-state index is -0.336. The third-order valence-corrected chi connectivity index (χ3v) is 3.47. The molecule has 3 aromatic rings. The number of pyridine rings is 1. The van der Waals surface area contributed by atoms with E-state index >= 15 is 0 Å². The number of hydrogen-bond acceptors (Lipinski definition) is 4. The number of para-hydroxylation sites is 1. The zero-order valence-electron chi connectivity index (χ0n) is 12.2. The van der Waals surface area contributed by atoms with Gasteiger partial charge in [0.2, 0.25) is 0 Å². The summed E-state index contributed by atoms with van der Waals surface area (Å²) in [7, 11) is 1.56. The molecule has 0 radical (unpaired) electrons. The van der Waals surface area contributed by atoms with Gasteiger partial charge in [-0.2, -0.15) is 5.48 Å². The van der Waals surface area contributed by atoms with E-state index in [2.05, 4.69) is 10.5 Å². The van der Waals surface area contributed by atoms with E-state index in [1.54, 1.807) is 13.2 Å². The molecule has 3 rings (SSSR count). The molecule has 0 aliphatic carbocycles. The molecule has 0 saturated carbocycles. The molecule has 22 heavy (non-hydrogen) atoms. The van der Waals surface area contributed by atoms with Crippen molar-refractivity contribution in [2.45, 2.75) is 6.42 Å². The second kappa shape index (κ2) is 6.37. The molecule has 0 aliphatic heterocycles. The van der Waals surface area contributed by atoms with Crippen LogP contribution >= 0.6 is 0 Å². The molecule has 4 nitrogen and oxygen atoms in total. The fourth-order valence-electron chi connectivity index (χ4n) is 2.57. The topological polar surface area (TPSA) is 51.2 Å². The Balaban J connectivity index is 2.17. The summed E-state index contributed by atoms with van der Waals surface area (Å²) in [6.07, 6.45) is 1.92. The average Bonchev–Trinajstić information content (AvgIpc) is 2.55. The van der Waals surface area contributed by atoms with E-state index in [-0.39, 0.29) is 12.4 Å². The highest BCUT2D eigenvalue weighted by Crippen LogP contribution is 2.31. The first kappa shape index (κ1) is 14.2. The minimum absolute atomic E-state index is 0.170. The molecule has 0 bridgehead atoms. The summed E-state index contributed by atoms with van der Waals surface area (Å²) >= 11 is 0. The first-order valence-electron chi connectivity index (χ1n) is 7.08. The maximum atomic E-state index is 11.8. The number of rotatable bonds is 4. The number of nitrogens with one attached hydrogen (secondary N) is 1. The van der Waals surface area contributed by atoms with E-state index in [4.69, 9.17) is 4.84 Å². The van der Waals surface area contributed by atoms with Crippen molar-refractivity contribution in [3.8, 4) is 11.1 Å². The molecule has 1 heterocycles. The smallest absolute Gasteiger partial charge is 0.329 e. The molecule has 1 N–H and O–H groups in total. The minimum Gasteiger partial charge on any atom is -0.371 e. The number of hydroxylamine groups is 1. The Morgan fingerprint density at radius 2 is 1.82 bits per heavy atom. The molecular formula is C18H16N2O2. The van der Waals surface area contributed by atoms with E-state index in [1.807, 2.05) is 54.6 Å². The van der Waals surface area contributed by atoms with Crippen molar-refractivity contribution in [3.63, 3.8) is 0 Å². The first-order valence-corrected chi connectivity index (χ1v) is 7.08. The lowest BCUT2D eigenvalue weighted by atomic mass is 9.95. The molecule has 4 heteroatoms. The molecule has 0 spiro atoms. The number of carbonyl (C=O) groups is 1. The van der Waals surface area contributed by atoms with Crippen molar-refractivity contribution < 1.29 is 9.63 Å². The molecule has 0 amide bonds. The van der Waals surface area contributed by atoms with Crippen LogP contribution in [0.4, 0.5) is 0 Å². The van der Waals surface area contributed by atoms with Crippen LogP contribution < -0.4 is 5.48 Å². The number of aromatic nitrogens is 1. The summed E-state index contributed by atoms with van der Waals surface area (Å²) < 4.78 is 0. The Bertz CT molecular complexity index is 801. The Hall–Kier alpha value is -2.72. The number of hydrogen-bond donors (Lipinski definition) is 1. The van der Waals surface area contributed by atoms with Crippen LogP contribution in [0.1, 0.15) is 5.56 Å². The quantitative estimate of drug-likeness (QED) is 0.751. The lowest BCUT2D eigenvalue weighted by molar-refractivity contribution is -0.149. The van der Waals surface area contributed by atoms with Gasteiger partial charge in [0.15, 0.2) is 0 Å². The largest absolute Gasteiger partial charge is 0.371 e. The number of nitrogens with zero attached hydrogens (tertiary/aromatic N) is 1. The van der Waals surface area contributed by atoms with Gasteiger partial charge in [0, 0.05) is 18.6 Å². The van der Waals surface area contributed by atoms with Crippen LogP contribution in [0.3, 0.4) is 0 Å². The Morgan fingerprint density at radius 3 is 2.59 bits per heavy atom. The van der Waals surface area contributed by atoms with Gasteiger partial charge in [-0.25, -0.2) is 0 Å². The zero-order chi connectivity index (χ0) is 15.4. The third kappa shape index (κ3) is 2.82. The number of carbonyl (C=O) groups excluding carboxylic acids is 1. The van der Waals surface area contributed by atoms with Crippen LogP contribution in [0.15, 0.2) is 60.8 Å². The van der Waals surface area contributed by atoms with E-state index in [9.17, 15) is 4.79 Å². The predicted molar refractivity (Wildman–Crippen MR) is 86.0 cm³/mol. The third-order valence-electron chi connectivity index (χ3n) is 3.47. The van der Waals surface area contributed by atoms with Crippen LogP contribution in [0.2, 0.25) is 0 Å². The summed E-state index contributed by atoms with van der Waals surface area (Å²) in [5.74, 6) is -0.336.